The predicted molar refractivity (Wildman–Crippen MR) is 201 cm³/mol. The van der Waals surface area contributed by atoms with Crippen LogP contribution in [0.5, 0.6) is 11.5 Å². The summed E-state index contributed by atoms with van der Waals surface area (Å²) >= 11 is 0. The summed E-state index contributed by atoms with van der Waals surface area (Å²) in [6.07, 6.45) is -0.289. The Bertz CT molecular complexity index is 2860. The first-order chi connectivity index (χ1) is 27.9. The molecule has 0 aliphatic heterocycles. The van der Waals surface area contributed by atoms with Gasteiger partial charge in [0.1, 0.15) is 37.4 Å². The van der Waals surface area contributed by atoms with E-state index in [-0.39, 0.29) is 102 Å². The van der Waals surface area contributed by atoms with E-state index in [1.165, 1.54) is 24.3 Å². The average Bonchev–Trinajstić information content (AvgIpc) is 3.16. The van der Waals surface area contributed by atoms with Crippen LogP contribution in [0.2, 0.25) is 0 Å². The molecule has 0 aliphatic rings. The average molecular weight is 894 g/mol. The van der Waals surface area contributed by atoms with Crippen molar-refractivity contribution in [1.29, 1.82) is 0 Å². The van der Waals surface area contributed by atoms with Gasteiger partial charge in [0.25, 0.3) is 18.6 Å². The zero-order chi connectivity index (χ0) is 43.1. The van der Waals surface area contributed by atoms with E-state index in [0.717, 1.165) is 18.2 Å². The van der Waals surface area contributed by atoms with Gasteiger partial charge in [0.05, 0.1) is 55.9 Å². The Morgan fingerprint density at radius 3 is 2.08 bits per heavy atom. The second kappa shape index (κ2) is 21.3. The molecular weight excluding hydrogens is 869 g/mol. The summed E-state index contributed by atoms with van der Waals surface area (Å²) in [5, 5.41) is 47.4. The van der Waals surface area contributed by atoms with E-state index in [1.54, 1.807) is 25.1 Å². The number of nitrogens with one attached hydrogen (secondary N) is 1. The smallest absolute Gasteiger partial charge is 0.744 e. The first-order valence-electron chi connectivity index (χ1n) is 16.1. The van der Waals surface area contributed by atoms with Gasteiger partial charge in [0, 0.05) is 23.2 Å². The largest absolute Gasteiger partial charge is 1.00 e. The molecule has 304 valence electrons. The molecule has 4 N–H and O–H groups in total. The summed E-state index contributed by atoms with van der Waals surface area (Å²) in [5.41, 5.74) is 3.96. The van der Waals surface area contributed by atoms with Crippen molar-refractivity contribution in [2.75, 3.05) is 17.7 Å². The van der Waals surface area contributed by atoms with Crippen LogP contribution in [-0.2, 0) is 39.4 Å². The van der Waals surface area contributed by atoms with E-state index in [2.05, 4.69) is 40.7 Å². The van der Waals surface area contributed by atoms with Gasteiger partial charge in [-0.25, -0.2) is 16.8 Å². The van der Waals surface area contributed by atoms with Gasteiger partial charge < -0.3 is 34.7 Å². The monoisotopic (exact) mass is 893 g/mol. The number of hydrogen-bond donors (Lipinski definition) is 3. The Hall–Kier alpha value is -5.61. The number of nitrogen functional groups attached to an aromatic ring is 1. The molecule has 0 atom stereocenters. The zero-order valence-electron chi connectivity index (χ0n) is 31.8. The molecule has 0 aliphatic carbocycles. The standard InChI is InChI=1S/C34H27N9O14S2.2Na/c1-18-11-21(6-7-24(18)39-37-20-3-2-4-22(12-20)57-17-45)38-41-26-15-28(58(50,51)52)23-14-29(59(53,54)55)33(34(47)31(23)32(26)35)42-40-25-8-5-19(13-27(25)43(48)49)36-30(46)9-10-56-16-44;;/h2-8,11-17,47H,9-10,35H2,1H3,(H,36,46)(H,50,51,52)(H,53,54,55);;/q;2*+1/p-2. The van der Waals surface area contributed by atoms with Gasteiger partial charge in [0.2, 0.25) is 5.91 Å². The molecule has 0 radical (unpaired) electrons. The van der Waals surface area contributed by atoms with E-state index < -0.39 is 85.8 Å². The van der Waals surface area contributed by atoms with Gasteiger partial charge in [-0.3, -0.25) is 24.5 Å². The number of nitrogens with two attached hydrogens (primary N) is 1. The van der Waals surface area contributed by atoms with Crippen molar-refractivity contribution < 1.29 is 119 Å². The fraction of sp³-hybridized carbons (Fsp3) is 0.0882. The van der Waals surface area contributed by atoms with Crippen LogP contribution in [0.15, 0.2) is 113 Å². The van der Waals surface area contributed by atoms with E-state index in [4.69, 9.17) is 10.5 Å². The maximum absolute atomic E-state index is 12.4. The minimum absolute atomic E-state index is 0. The number of carbonyl (C=O) groups excluding carboxylic acids is 3. The molecule has 0 unspecified atom stereocenters. The van der Waals surface area contributed by atoms with Crippen LogP contribution in [0.4, 0.5) is 51.2 Å². The number of rotatable bonds is 16. The molecule has 1 amide bonds. The van der Waals surface area contributed by atoms with Crippen molar-refractivity contribution in [2.45, 2.75) is 23.1 Å². The van der Waals surface area contributed by atoms with Crippen LogP contribution in [-0.4, -0.2) is 61.4 Å². The summed E-state index contributed by atoms with van der Waals surface area (Å²) in [6.45, 7) is 1.76. The molecule has 0 heterocycles. The number of amides is 1. The Morgan fingerprint density at radius 1 is 0.820 bits per heavy atom. The number of nitrogens with zero attached hydrogens (tertiary/aromatic N) is 7. The summed E-state index contributed by atoms with van der Waals surface area (Å²) in [4.78, 5) is 41.4. The minimum atomic E-state index is -5.66. The number of nitro benzene ring substituents is 1. The first-order valence-corrected chi connectivity index (χ1v) is 19.0. The van der Waals surface area contributed by atoms with Crippen molar-refractivity contribution in [3.8, 4) is 11.5 Å². The Labute approximate surface area is 388 Å². The summed E-state index contributed by atoms with van der Waals surface area (Å²) in [5.74, 6) is -1.72. The Kier molecular flexibility index (Phi) is 17.3. The van der Waals surface area contributed by atoms with Crippen LogP contribution in [0.1, 0.15) is 12.0 Å². The fourth-order valence-corrected chi connectivity index (χ4v) is 6.48. The second-order valence-corrected chi connectivity index (χ2v) is 14.4. The van der Waals surface area contributed by atoms with Gasteiger partial charge in [-0.1, -0.05) is 6.07 Å². The summed E-state index contributed by atoms with van der Waals surface area (Å²) in [6, 6.07) is 14.7. The molecular formula is C34H25N9Na2O14S2. The number of benzene rings is 5. The maximum atomic E-state index is 12.4. The van der Waals surface area contributed by atoms with Gasteiger partial charge in [0.15, 0.2) is 11.4 Å². The topological polar surface area (TPSA) is 360 Å². The SMILES string of the molecule is Cc1cc(N=Nc2cc(S(=O)(=O)[O-])c3cc(S(=O)(=O)[O-])c(N=Nc4ccc(NC(=O)CCOC=O)cc4[N+](=O)[O-])c(O)c3c2N)ccc1N=Nc1cccc(OC=O)c1.[Na+].[Na+]. The second-order valence-electron chi connectivity index (χ2n) is 11.7. The van der Waals surface area contributed by atoms with Gasteiger partial charge in [-0.15, -0.1) is 15.3 Å². The number of azo groups is 3. The molecule has 5 rings (SSSR count). The molecule has 5 aromatic carbocycles. The summed E-state index contributed by atoms with van der Waals surface area (Å²) in [7, 11) is -11.2. The van der Waals surface area contributed by atoms with Crippen molar-refractivity contribution in [1.82, 2.24) is 0 Å². The third-order valence-electron chi connectivity index (χ3n) is 7.81. The van der Waals surface area contributed by atoms with Crippen molar-refractivity contribution in [3.05, 3.63) is 88.5 Å². The normalized spacial score (nSPS) is 11.6. The zero-order valence-corrected chi connectivity index (χ0v) is 37.4. The van der Waals surface area contributed by atoms with Gasteiger partial charge >= 0.3 is 59.1 Å². The van der Waals surface area contributed by atoms with E-state index in [1.807, 2.05) is 0 Å². The number of fused-ring (bicyclic) bond motifs is 1. The number of ether oxygens (including phenoxy) is 2. The number of phenolic OH excluding ortho intramolecular Hbond substituents is 1. The number of anilines is 2. The molecule has 23 nitrogen and oxygen atoms in total. The van der Waals surface area contributed by atoms with Gasteiger partial charge in [-0.2, -0.15) is 15.3 Å². The molecule has 61 heavy (non-hydrogen) atoms. The molecule has 0 spiro atoms. The third-order valence-corrected chi connectivity index (χ3v) is 9.54. The van der Waals surface area contributed by atoms with Crippen LogP contribution in [0.3, 0.4) is 0 Å². The maximum Gasteiger partial charge on any atom is 1.00 e. The Balaban J connectivity index is 0.00000496. The van der Waals surface area contributed by atoms with Crippen LogP contribution in [0, 0.1) is 17.0 Å². The number of nitro groups is 1. The molecule has 0 bridgehead atoms. The van der Waals surface area contributed by atoms with Crippen LogP contribution in [0.25, 0.3) is 10.8 Å². The Morgan fingerprint density at radius 2 is 1.46 bits per heavy atom. The predicted octanol–water partition coefficient (Wildman–Crippen LogP) is 0.443. The molecule has 0 saturated carbocycles. The van der Waals surface area contributed by atoms with E-state index in [9.17, 15) is 55.5 Å². The number of carbonyl (C=O) groups is 3. The molecule has 0 aromatic heterocycles. The molecule has 27 heteroatoms. The van der Waals surface area contributed by atoms with Crippen LogP contribution >= 0.6 is 0 Å². The number of aromatic hydroxyl groups is 1. The van der Waals surface area contributed by atoms with Crippen molar-refractivity contribution >= 4 is 101 Å². The number of aryl methyl sites for hydroxylation is 1. The number of hydrogen-bond acceptors (Lipinski definition) is 21. The molecule has 5 aromatic rings. The first kappa shape index (κ1) is 49.8. The molecule has 0 saturated heterocycles. The number of phenols is 1. The minimum Gasteiger partial charge on any atom is -0.744 e. The third kappa shape index (κ3) is 12.5. The van der Waals surface area contributed by atoms with Crippen LogP contribution < -0.4 is 74.9 Å². The fourth-order valence-electron chi connectivity index (χ4n) is 5.16. The van der Waals surface area contributed by atoms with Gasteiger partial charge in [-0.05, 0) is 67.1 Å². The summed E-state index contributed by atoms with van der Waals surface area (Å²) < 4.78 is 83.7. The van der Waals surface area contributed by atoms with Crippen molar-refractivity contribution in [3.63, 3.8) is 0 Å². The molecule has 0 fully saturated rings. The quantitative estimate of drug-likeness (QED) is 0.0177. The van der Waals surface area contributed by atoms with Crippen molar-refractivity contribution in [2.24, 2.45) is 30.7 Å². The van der Waals surface area contributed by atoms with E-state index >= 15 is 0 Å². The van der Waals surface area contributed by atoms with E-state index in [0.29, 0.717) is 29.1 Å².